The van der Waals surface area contributed by atoms with Crippen LogP contribution in [0.4, 0.5) is 0 Å². The fourth-order valence-electron chi connectivity index (χ4n) is 2.24. The minimum atomic E-state index is -4.16. The molecule has 0 aliphatic rings. The lowest BCUT2D eigenvalue weighted by atomic mass is 9.95. The molecule has 0 bridgehead atoms. The molecule has 1 atom stereocenters. The number of fused-ring (bicyclic) bond motifs is 1. The van der Waals surface area contributed by atoms with Gasteiger partial charge in [-0.25, -0.2) is 0 Å². The summed E-state index contributed by atoms with van der Waals surface area (Å²) in [6, 6.07) is 9.13. The number of rotatable bonds is 3. The highest BCUT2D eigenvalue weighted by molar-refractivity contribution is 7.85. The first-order valence-electron chi connectivity index (χ1n) is 6.34. The van der Waals surface area contributed by atoms with Crippen molar-refractivity contribution in [1.82, 2.24) is 0 Å². The Hall–Kier alpha value is -1.39. The molecule has 2 aromatic rings. The highest BCUT2D eigenvalue weighted by atomic mass is 32.2. The molecular formula is C15H18O3S. The van der Waals surface area contributed by atoms with Gasteiger partial charge in [-0.15, -0.1) is 0 Å². The average Bonchev–Trinajstić information content (AvgIpc) is 2.36. The van der Waals surface area contributed by atoms with E-state index in [1.807, 2.05) is 19.1 Å². The van der Waals surface area contributed by atoms with Gasteiger partial charge in [0.2, 0.25) is 0 Å². The second kappa shape index (κ2) is 4.94. The van der Waals surface area contributed by atoms with Crippen molar-refractivity contribution in [2.24, 2.45) is 0 Å². The van der Waals surface area contributed by atoms with E-state index in [1.165, 1.54) is 17.7 Å². The van der Waals surface area contributed by atoms with Gasteiger partial charge in [-0.1, -0.05) is 32.0 Å². The van der Waals surface area contributed by atoms with Crippen LogP contribution in [0.15, 0.2) is 35.2 Å². The minimum absolute atomic E-state index is 0.0428. The van der Waals surface area contributed by atoms with Gasteiger partial charge in [0, 0.05) is 0 Å². The molecule has 3 nitrogen and oxygen atoms in total. The van der Waals surface area contributed by atoms with Crippen LogP contribution in [0.1, 0.15) is 37.3 Å². The molecule has 2 aromatic carbocycles. The second-order valence-electron chi connectivity index (χ2n) is 5.01. The van der Waals surface area contributed by atoms with Crippen molar-refractivity contribution in [2.75, 3.05) is 0 Å². The van der Waals surface area contributed by atoms with Crippen LogP contribution in [0.5, 0.6) is 0 Å². The van der Waals surface area contributed by atoms with E-state index in [0.717, 1.165) is 22.8 Å². The van der Waals surface area contributed by atoms with Gasteiger partial charge in [-0.3, -0.25) is 4.55 Å². The van der Waals surface area contributed by atoms with Gasteiger partial charge < -0.3 is 0 Å². The molecule has 0 fully saturated rings. The third-order valence-corrected chi connectivity index (χ3v) is 4.47. The Bertz CT molecular complexity index is 717. The number of aryl methyl sites for hydroxylation is 1. The van der Waals surface area contributed by atoms with Crippen molar-refractivity contribution in [3.63, 3.8) is 0 Å². The summed E-state index contributed by atoms with van der Waals surface area (Å²) in [4.78, 5) is -0.0428. The maximum Gasteiger partial charge on any atom is 0.294 e. The Balaban J connectivity index is 2.70. The predicted octanol–water partition coefficient (Wildman–Crippen LogP) is 3.91. The first-order chi connectivity index (χ1) is 8.82. The lowest BCUT2D eigenvalue weighted by Crippen LogP contribution is -1.99. The van der Waals surface area contributed by atoms with Crippen LogP contribution in [-0.2, 0) is 10.1 Å². The molecule has 0 aromatic heterocycles. The molecule has 102 valence electrons. The summed E-state index contributed by atoms with van der Waals surface area (Å²) in [5, 5.41) is 1.87. The normalized spacial score (nSPS) is 13.7. The van der Waals surface area contributed by atoms with Crippen molar-refractivity contribution in [1.29, 1.82) is 0 Å². The maximum atomic E-state index is 11.3. The largest absolute Gasteiger partial charge is 0.294 e. The molecule has 0 saturated carbocycles. The molecule has 0 amide bonds. The quantitative estimate of drug-likeness (QED) is 0.866. The summed E-state index contributed by atoms with van der Waals surface area (Å²) in [5.74, 6) is 0.430. The molecule has 0 heterocycles. The van der Waals surface area contributed by atoms with Gasteiger partial charge in [0.1, 0.15) is 0 Å². The molecule has 2 rings (SSSR count). The summed E-state index contributed by atoms with van der Waals surface area (Å²) >= 11 is 0. The van der Waals surface area contributed by atoms with Crippen LogP contribution in [0.3, 0.4) is 0 Å². The third-order valence-electron chi connectivity index (χ3n) is 3.64. The van der Waals surface area contributed by atoms with Gasteiger partial charge >= 0.3 is 0 Å². The Labute approximate surface area is 114 Å². The van der Waals surface area contributed by atoms with E-state index in [2.05, 4.69) is 19.9 Å². The third kappa shape index (κ3) is 2.80. The zero-order chi connectivity index (χ0) is 14.2. The molecule has 0 spiro atoms. The van der Waals surface area contributed by atoms with Gasteiger partial charge in [0.15, 0.2) is 0 Å². The molecule has 19 heavy (non-hydrogen) atoms. The van der Waals surface area contributed by atoms with Gasteiger partial charge in [-0.05, 0) is 53.3 Å². The summed E-state index contributed by atoms with van der Waals surface area (Å²) in [5.41, 5.74) is 2.03. The SMILES string of the molecule is CCC(C)c1ccc2c(C)cc(S(=O)(=O)O)cc2c1. The number of hydrogen-bond donors (Lipinski definition) is 1. The molecule has 0 aliphatic carbocycles. The monoisotopic (exact) mass is 278 g/mol. The summed E-state index contributed by atoms with van der Waals surface area (Å²) in [7, 11) is -4.16. The topological polar surface area (TPSA) is 54.4 Å². The van der Waals surface area contributed by atoms with Crippen LogP contribution < -0.4 is 0 Å². The van der Waals surface area contributed by atoms with E-state index in [9.17, 15) is 8.42 Å². The lowest BCUT2D eigenvalue weighted by molar-refractivity contribution is 0.483. The van der Waals surface area contributed by atoms with Crippen LogP contribution in [0.25, 0.3) is 10.8 Å². The Morgan fingerprint density at radius 3 is 2.47 bits per heavy atom. The molecule has 0 radical (unpaired) electrons. The molecule has 4 heteroatoms. The van der Waals surface area contributed by atoms with Crippen molar-refractivity contribution in [2.45, 2.75) is 38.0 Å². The summed E-state index contributed by atoms with van der Waals surface area (Å²) < 4.78 is 31.7. The first-order valence-corrected chi connectivity index (χ1v) is 7.78. The van der Waals surface area contributed by atoms with E-state index in [4.69, 9.17) is 4.55 Å². The van der Waals surface area contributed by atoms with Crippen molar-refractivity contribution >= 4 is 20.9 Å². The molecule has 0 saturated heterocycles. The van der Waals surface area contributed by atoms with Gasteiger partial charge in [-0.2, -0.15) is 8.42 Å². The zero-order valence-electron chi connectivity index (χ0n) is 11.3. The van der Waals surface area contributed by atoms with E-state index >= 15 is 0 Å². The smallest absolute Gasteiger partial charge is 0.282 e. The summed E-state index contributed by atoms with van der Waals surface area (Å²) in [6.07, 6.45) is 1.03. The number of benzene rings is 2. The lowest BCUT2D eigenvalue weighted by Gasteiger charge is -2.12. The molecule has 0 aliphatic heterocycles. The first kappa shape index (κ1) is 14.0. The summed E-state index contributed by atoms with van der Waals surface area (Å²) in [6.45, 7) is 6.11. The van der Waals surface area contributed by atoms with Crippen molar-refractivity contribution < 1.29 is 13.0 Å². The Kier molecular flexibility index (Phi) is 3.65. The fourth-order valence-corrected chi connectivity index (χ4v) is 2.84. The van der Waals surface area contributed by atoms with Crippen LogP contribution >= 0.6 is 0 Å². The van der Waals surface area contributed by atoms with E-state index < -0.39 is 10.1 Å². The van der Waals surface area contributed by atoms with Crippen molar-refractivity contribution in [3.05, 3.63) is 41.5 Å². The van der Waals surface area contributed by atoms with Crippen molar-refractivity contribution in [3.8, 4) is 0 Å². The Morgan fingerprint density at radius 2 is 1.89 bits per heavy atom. The molecule has 1 unspecified atom stereocenters. The van der Waals surface area contributed by atoms with Gasteiger partial charge in [0.05, 0.1) is 4.90 Å². The van der Waals surface area contributed by atoms with Crippen LogP contribution in [0.2, 0.25) is 0 Å². The standard InChI is InChI=1S/C15H18O3S/c1-4-10(2)12-5-6-15-11(3)7-14(19(16,17)18)9-13(15)8-12/h5-10H,4H2,1-3H3,(H,16,17,18). The predicted molar refractivity (Wildman–Crippen MR) is 77.2 cm³/mol. The maximum absolute atomic E-state index is 11.3. The minimum Gasteiger partial charge on any atom is -0.282 e. The van der Waals surface area contributed by atoms with E-state index in [1.54, 1.807) is 0 Å². The Morgan fingerprint density at radius 1 is 1.21 bits per heavy atom. The van der Waals surface area contributed by atoms with Crippen LogP contribution in [0, 0.1) is 6.92 Å². The zero-order valence-corrected chi connectivity index (χ0v) is 12.2. The number of hydrogen-bond acceptors (Lipinski definition) is 2. The highest BCUT2D eigenvalue weighted by Crippen LogP contribution is 2.27. The highest BCUT2D eigenvalue weighted by Gasteiger charge is 2.13. The van der Waals surface area contributed by atoms with E-state index in [0.29, 0.717) is 5.92 Å². The molecular weight excluding hydrogens is 260 g/mol. The van der Waals surface area contributed by atoms with Crippen LogP contribution in [-0.4, -0.2) is 13.0 Å². The van der Waals surface area contributed by atoms with E-state index in [-0.39, 0.29) is 4.90 Å². The average molecular weight is 278 g/mol. The second-order valence-corrected chi connectivity index (χ2v) is 6.43. The molecule has 1 N–H and O–H groups in total. The van der Waals surface area contributed by atoms with Gasteiger partial charge in [0.25, 0.3) is 10.1 Å². The fraction of sp³-hybridized carbons (Fsp3) is 0.333.